The van der Waals surface area contributed by atoms with E-state index in [1.807, 2.05) is 36.5 Å². The summed E-state index contributed by atoms with van der Waals surface area (Å²) in [5.41, 5.74) is 0. The third-order valence-corrected chi connectivity index (χ3v) is 7.36. The van der Waals surface area contributed by atoms with Crippen LogP contribution in [-0.4, -0.2) is 36.4 Å². The van der Waals surface area contributed by atoms with Crippen LogP contribution in [0, 0.1) is 0 Å². The molecule has 0 fully saturated rings. The molecule has 0 saturated heterocycles. The quantitative estimate of drug-likeness (QED) is 0.0471. The van der Waals surface area contributed by atoms with E-state index in [0.717, 1.165) is 70.6 Å². The summed E-state index contributed by atoms with van der Waals surface area (Å²) in [4.78, 5) is 24.2. The van der Waals surface area contributed by atoms with Gasteiger partial charge in [0.15, 0.2) is 6.10 Å². The molecular formula is C40H66O5. The normalized spacial score (nSPS) is 13.0. The first-order valence-corrected chi connectivity index (χ1v) is 18.1. The lowest BCUT2D eigenvalue weighted by atomic mass is 10.1. The number of hydrogen-bond donors (Lipinski definition) is 1. The Morgan fingerprint density at radius 2 is 0.956 bits per heavy atom. The molecule has 0 amide bonds. The van der Waals surface area contributed by atoms with Gasteiger partial charge in [-0.25, -0.2) is 0 Å². The van der Waals surface area contributed by atoms with E-state index in [1.54, 1.807) is 0 Å². The van der Waals surface area contributed by atoms with Gasteiger partial charge in [0.1, 0.15) is 6.61 Å². The van der Waals surface area contributed by atoms with E-state index in [4.69, 9.17) is 9.47 Å². The molecule has 0 heterocycles. The lowest BCUT2D eigenvalue weighted by molar-refractivity contribution is -0.161. The number of carbonyl (C=O) groups is 2. The second kappa shape index (κ2) is 35.8. The molecule has 0 spiro atoms. The number of hydrogen-bond acceptors (Lipinski definition) is 5. The molecule has 0 aliphatic rings. The van der Waals surface area contributed by atoms with Gasteiger partial charge in [-0.3, -0.25) is 9.59 Å². The van der Waals surface area contributed by atoms with Crippen LogP contribution in [0.2, 0.25) is 0 Å². The molecule has 0 aromatic heterocycles. The molecule has 0 rings (SSSR count). The van der Waals surface area contributed by atoms with Gasteiger partial charge in [0.25, 0.3) is 0 Å². The van der Waals surface area contributed by atoms with E-state index >= 15 is 0 Å². The second-order valence-corrected chi connectivity index (χ2v) is 11.7. The molecule has 0 radical (unpaired) electrons. The molecule has 5 nitrogen and oxygen atoms in total. The summed E-state index contributed by atoms with van der Waals surface area (Å²) >= 11 is 0. The van der Waals surface area contributed by atoms with E-state index in [2.05, 4.69) is 50.3 Å². The van der Waals surface area contributed by atoms with Crippen molar-refractivity contribution in [3.05, 3.63) is 72.9 Å². The van der Waals surface area contributed by atoms with Crippen molar-refractivity contribution in [2.75, 3.05) is 13.2 Å². The number of esters is 2. The Kier molecular flexibility index (Phi) is 33.7. The minimum atomic E-state index is -0.798. The first kappa shape index (κ1) is 42.3. The Labute approximate surface area is 276 Å². The Morgan fingerprint density at radius 3 is 1.49 bits per heavy atom. The summed E-state index contributed by atoms with van der Waals surface area (Å²) in [5, 5.41) is 9.52. The maximum absolute atomic E-state index is 12.1. The monoisotopic (exact) mass is 626 g/mol. The van der Waals surface area contributed by atoms with Gasteiger partial charge in [-0.2, -0.15) is 0 Å². The standard InChI is InChI=1S/C40H66O5/c1-3-5-7-9-11-13-15-17-18-19-20-21-23-25-27-29-31-33-35-40(43)45-38(36-41)37-44-39(42)34-32-30-28-26-24-22-16-14-12-10-8-6-4-2/h6,8,10,12,14,16,18-22,24,38,41H,3-5,7,9,11,13,15,17,23,25-37H2,1-2H3/b8-6+,12-10+,16-14+,19-18+,21-20+,24-22+. The molecule has 1 unspecified atom stereocenters. The van der Waals surface area contributed by atoms with Gasteiger partial charge in [-0.15, -0.1) is 0 Å². The van der Waals surface area contributed by atoms with Crippen molar-refractivity contribution in [3.8, 4) is 0 Å². The van der Waals surface area contributed by atoms with Crippen LogP contribution in [0.4, 0.5) is 0 Å². The van der Waals surface area contributed by atoms with Crippen molar-refractivity contribution in [2.24, 2.45) is 0 Å². The van der Waals surface area contributed by atoms with Crippen LogP contribution in [0.1, 0.15) is 149 Å². The minimum absolute atomic E-state index is 0.0966. The third-order valence-electron chi connectivity index (χ3n) is 7.36. The average Bonchev–Trinajstić information content (AvgIpc) is 3.04. The van der Waals surface area contributed by atoms with Gasteiger partial charge in [0.2, 0.25) is 0 Å². The summed E-state index contributed by atoms with van der Waals surface area (Å²) in [6.45, 7) is 3.92. The molecule has 45 heavy (non-hydrogen) atoms. The van der Waals surface area contributed by atoms with Gasteiger partial charge in [-0.1, -0.05) is 151 Å². The van der Waals surface area contributed by atoms with E-state index < -0.39 is 6.10 Å². The van der Waals surface area contributed by atoms with E-state index in [1.165, 1.54) is 51.4 Å². The Balaban J connectivity index is 3.69. The molecule has 1 atom stereocenters. The maximum Gasteiger partial charge on any atom is 0.306 e. The first-order valence-electron chi connectivity index (χ1n) is 18.1. The largest absolute Gasteiger partial charge is 0.462 e. The number of aliphatic hydroxyl groups is 1. The van der Waals surface area contributed by atoms with Crippen molar-refractivity contribution in [2.45, 2.75) is 155 Å². The lowest BCUT2D eigenvalue weighted by Crippen LogP contribution is -2.28. The van der Waals surface area contributed by atoms with Crippen molar-refractivity contribution in [1.29, 1.82) is 0 Å². The predicted octanol–water partition coefficient (Wildman–Crippen LogP) is 11.0. The summed E-state index contributed by atoms with van der Waals surface area (Å²) in [6.07, 6.45) is 46.7. The van der Waals surface area contributed by atoms with E-state index in [0.29, 0.717) is 12.8 Å². The highest BCUT2D eigenvalue weighted by Gasteiger charge is 2.16. The number of ether oxygens (including phenoxy) is 2. The molecule has 0 aliphatic heterocycles. The second-order valence-electron chi connectivity index (χ2n) is 11.7. The van der Waals surface area contributed by atoms with Crippen molar-refractivity contribution in [1.82, 2.24) is 0 Å². The first-order chi connectivity index (χ1) is 22.1. The number of carbonyl (C=O) groups excluding carboxylic acids is 2. The molecule has 0 aromatic carbocycles. The molecule has 256 valence electrons. The summed E-state index contributed by atoms with van der Waals surface area (Å²) in [6, 6.07) is 0. The lowest BCUT2D eigenvalue weighted by Gasteiger charge is -2.15. The van der Waals surface area contributed by atoms with E-state index in [9.17, 15) is 14.7 Å². The summed E-state index contributed by atoms with van der Waals surface area (Å²) in [5.74, 6) is -0.662. The fraction of sp³-hybridized carbons (Fsp3) is 0.650. The average molecular weight is 627 g/mol. The molecule has 0 aliphatic carbocycles. The number of unbranched alkanes of at least 4 members (excludes halogenated alkanes) is 15. The highest BCUT2D eigenvalue weighted by Crippen LogP contribution is 2.11. The molecule has 0 aromatic rings. The van der Waals surface area contributed by atoms with Gasteiger partial charge < -0.3 is 14.6 Å². The van der Waals surface area contributed by atoms with Gasteiger partial charge in [-0.05, 0) is 57.8 Å². The molecule has 1 N–H and O–H groups in total. The van der Waals surface area contributed by atoms with Crippen molar-refractivity contribution >= 4 is 11.9 Å². The van der Waals surface area contributed by atoms with Crippen molar-refractivity contribution < 1.29 is 24.2 Å². The SMILES string of the molecule is CC/C=C/C=C/C=C/C=C/CCCCCC(=O)OCC(CO)OC(=O)CCCCCCC/C=C/C=C/CCCCCCCCC. The van der Waals surface area contributed by atoms with Crippen LogP contribution < -0.4 is 0 Å². The molecule has 5 heteroatoms. The Morgan fingerprint density at radius 1 is 0.533 bits per heavy atom. The minimum Gasteiger partial charge on any atom is -0.462 e. The Hall–Kier alpha value is -2.66. The zero-order valence-electron chi connectivity index (χ0n) is 28.8. The molecular weight excluding hydrogens is 560 g/mol. The Bertz CT molecular complexity index is 849. The number of aliphatic hydroxyl groups excluding tert-OH is 1. The summed E-state index contributed by atoms with van der Waals surface area (Å²) < 4.78 is 10.5. The zero-order valence-corrected chi connectivity index (χ0v) is 28.8. The molecule has 0 saturated carbocycles. The van der Waals surface area contributed by atoms with Crippen molar-refractivity contribution in [3.63, 3.8) is 0 Å². The number of allylic oxidation sites excluding steroid dienone is 12. The van der Waals surface area contributed by atoms with Crippen LogP contribution in [-0.2, 0) is 19.1 Å². The highest BCUT2D eigenvalue weighted by molar-refractivity contribution is 5.70. The smallest absolute Gasteiger partial charge is 0.306 e. The van der Waals surface area contributed by atoms with Gasteiger partial charge in [0, 0.05) is 12.8 Å². The fourth-order valence-electron chi connectivity index (χ4n) is 4.61. The van der Waals surface area contributed by atoms with Crippen LogP contribution in [0.15, 0.2) is 72.9 Å². The zero-order chi connectivity index (χ0) is 32.9. The van der Waals surface area contributed by atoms with Crippen LogP contribution in [0.25, 0.3) is 0 Å². The van der Waals surface area contributed by atoms with Gasteiger partial charge in [0.05, 0.1) is 6.61 Å². The third kappa shape index (κ3) is 34.1. The highest BCUT2D eigenvalue weighted by atomic mass is 16.6. The van der Waals surface area contributed by atoms with Crippen LogP contribution in [0.3, 0.4) is 0 Å². The topological polar surface area (TPSA) is 72.8 Å². The van der Waals surface area contributed by atoms with E-state index in [-0.39, 0.29) is 25.2 Å². The van der Waals surface area contributed by atoms with Gasteiger partial charge >= 0.3 is 11.9 Å². The van der Waals surface area contributed by atoms with Crippen LogP contribution >= 0.6 is 0 Å². The fourth-order valence-corrected chi connectivity index (χ4v) is 4.61. The predicted molar refractivity (Wildman–Crippen MR) is 191 cm³/mol. The molecule has 0 bridgehead atoms. The number of rotatable bonds is 31. The van der Waals surface area contributed by atoms with Crippen LogP contribution in [0.5, 0.6) is 0 Å². The summed E-state index contributed by atoms with van der Waals surface area (Å²) in [7, 11) is 0. The maximum atomic E-state index is 12.1.